The van der Waals surface area contributed by atoms with Crippen LogP contribution in [0.15, 0.2) is 12.1 Å². The van der Waals surface area contributed by atoms with Crippen LogP contribution in [-0.4, -0.2) is 42.9 Å². The number of aromatic nitrogens is 5. The van der Waals surface area contributed by atoms with Gasteiger partial charge in [0.25, 0.3) is 0 Å². The zero-order valence-corrected chi connectivity index (χ0v) is 8.53. The number of nitrogens with zero attached hydrogens (tertiary/aromatic N) is 5. The van der Waals surface area contributed by atoms with Gasteiger partial charge in [-0.2, -0.15) is 0 Å². The van der Waals surface area contributed by atoms with E-state index in [0.29, 0.717) is 18.0 Å². The van der Waals surface area contributed by atoms with Crippen LogP contribution in [0.1, 0.15) is 6.92 Å². The van der Waals surface area contributed by atoms with Crippen molar-refractivity contribution in [1.82, 2.24) is 25.3 Å². The molecule has 16 heavy (non-hydrogen) atoms. The Morgan fingerprint density at radius 1 is 1.62 bits per heavy atom. The summed E-state index contributed by atoms with van der Waals surface area (Å²) < 4.78 is 1.27. The fourth-order valence-corrected chi connectivity index (χ4v) is 1.09. The number of anilines is 1. The average molecular weight is 222 g/mol. The zero-order valence-electron chi connectivity index (χ0n) is 8.53. The van der Waals surface area contributed by atoms with Crippen LogP contribution in [0.2, 0.25) is 0 Å². The molecule has 0 aliphatic rings. The number of tetrazole rings is 1. The highest BCUT2D eigenvalue weighted by atomic mass is 16.4. The number of fused-ring (bicyclic) bond motifs is 1. The van der Waals surface area contributed by atoms with E-state index >= 15 is 0 Å². The maximum absolute atomic E-state index is 10.6. The maximum Gasteiger partial charge on any atom is 0.308 e. The fraction of sp³-hybridized carbons (Fsp3) is 0.375. The number of carbonyl (C=O) groups is 1. The second-order valence-electron chi connectivity index (χ2n) is 3.37. The van der Waals surface area contributed by atoms with E-state index in [0.717, 1.165) is 0 Å². The molecule has 8 heteroatoms. The molecule has 0 radical (unpaired) electrons. The summed E-state index contributed by atoms with van der Waals surface area (Å²) in [6.45, 7) is 1.92. The van der Waals surface area contributed by atoms with Crippen LogP contribution in [0, 0.1) is 5.92 Å². The van der Waals surface area contributed by atoms with Gasteiger partial charge in [0.2, 0.25) is 0 Å². The molecule has 2 N–H and O–H groups in total. The molecule has 0 saturated carbocycles. The Morgan fingerprint density at radius 2 is 2.44 bits per heavy atom. The highest BCUT2D eigenvalue weighted by molar-refractivity contribution is 5.70. The van der Waals surface area contributed by atoms with Crippen LogP contribution < -0.4 is 5.32 Å². The second-order valence-corrected chi connectivity index (χ2v) is 3.37. The minimum atomic E-state index is -0.851. The van der Waals surface area contributed by atoms with E-state index < -0.39 is 11.9 Å². The zero-order chi connectivity index (χ0) is 11.5. The Kier molecular flexibility index (Phi) is 2.63. The van der Waals surface area contributed by atoms with Crippen LogP contribution >= 0.6 is 0 Å². The molecule has 2 rings (SSSR count). The van der Waals surface area contributed by atoms with Crippen molar-refractivity contribution in [2.45, 2.75) is 6.92 Å². The maximum atomic E-state index is 10.6. The monoisotopic (exact) mass is 222 g/mol. The Morgan fingerprint density at radius 3 is 3.19 bits per heavy atom. The van der Waals surface area contributed by atoms with Gasteiger partial charge in [-0.15, -0.1) is 14.8 Å². The molecular formula is C8H10N6O2. The first-order chi connectivity index (χ1) is 7.66. The van der Waals surface area contributed by atoms with Crippen LogP contribution in [0.25, 0.3) is 5.65 Å². The van der Waals surface area contributed by atoms with Gasteiger partial charge in [0.1, 0.15) is 5.82 Å². The molecule has 0 saturated heterocycles. The second kappa shape index (κ2) is 4.09. The van der Waals surface area contributed by atoms with Gasteiger partial charge < -0.3 is 10.4 Å². The molecule has 2 aromatic rings. The summed E-state index contributed by atoms with van der Waals surface area (Å²) >= 11 is 0. The van der Waals surface area contributed by atoms with Crippen LogP contribution in [-0.2, 0) is 4.79 Å². The lowest BCUT2D eigenvalue weighted by Crippen LogP contribution is -2.20. The molecule has 1 unspecified atom stereocenters. The topological polar surface area (TPSA) is 105 Å². The van der Waals surface area contributed by atoms with Crippen molar-refractivity contribution in [2.75, 3.05) is 11.9 Å². The van der Waals surface area contributed by atoms with E-state index in [4.69, 9.17) is 5.11 Å². The van der Waals surface area contributed by atoms with Crippen molar-refractivity contribution < 1.29 is 9.90 Å². The van der Waals surface area contributed by atoms with Crippen molar-refractivity contribution in [3.05, 3.63) is 12.1 Å². The number of nitrogens with one attached hydrogen (secondary N) is 1. The van der Waals surface area contributed by atoms with E-state index in [1.54, 1.807) is 19.1 Å². The molecule has 0 spiro atoms. The lowest BCUT2D eigenvalue weighted by atomic mass is 10.2. The third-order valence-electron chi connectivity index (χ3n) is 2.08. The summed E-state index contributed by atoms with van der Waals surface area (Å²) in [7, 11) is 0. The molecular weight excluding hydrogens is 212 g/mol. The first kappa shape index (κ1) is 10.3. The summed E-state index contributed by atoms with van der Waals surface area (Å²) in [4.78, 5) is 10.6. The van der Waals surface area contributed by atoms with Crippen molar-refractivity contribution in [3.63, 3.8) is 0 Å². The summed E-state index contributed by atoms with van der Waals surface area (Å²) in [5.74, 6) is -0.796. The minimum absolute atomic E-state index is 0.302. The summed E-state index contributed by atoms with van der Waals surface area (Å²) in [6.07, 6.45) is 0. The standard InChI is InChI=1S/C8H10N6O2/c1-5(8(15)16)4-9-6-2-3-7-10-12-13-14(7)11-6/h2-3,5H,4H2,1H3,(H,9,11)(H,15,16). The van der Waals surface area contributed by atoms with Crippen molar-refractivity contribution in [3.8, 4) is 0 Å². The van der Waals surface area contributed by atoms with E-state index in [-0.39, 0.29) is 0 Å². The van der Waals surface area contributed by atoms with Gasteiger partial charge in [-0.25, -0.2) is 0 Å². The Labute approximate surface area is 90.3 Å². The number of hydrogen-bond donors (Lipinski definition) is 2. The number of aliphatic carboxylic acids is 1. The highest BCUT2D eigenvalue weighted by Gasteiger charge is 2.10. The summed E-state index contributed by atoms with van der Waals surface area (Å²) in [5.41, 5.74) is 0.539. The largest absolute Gasteiger partial charge is 0.481 e. The average Bonchev–Trinajstić information content (AvgIpc) is 2.72. The van der Waals surface area contributed by atoms with E-state index in [1.807, 2.05) is 0 Å². The van der Waals surface area contributed by atoms with Crippen LogP contribution in [0.3, 0.4) is 0 Å². The lowest BCUT2D eigenvalue weighted by Gasteiger charge is -2.07. The van der Waals surface area contributed by atoms with Crippen molar-refractivity contribution in [2.24, 2.45) is 5.92 Å². The summed E-state index contributed by atoms with van der Waals surface area (Å²) in [5, 5.41) is 26.4. The van der Waals surface area contributed by atoms with Crippen LogP contribution in [0.5, 0.6) is 0 Å². The molecule has 8 nitrogen and oxygen atoms in total. The van der Waals surface area contributed by atoms with Gasteiger partial charge in [-0.1, -0.05) is 6.92 Å². The molecule has 0 amide bonds. The van der Waals surface area contributed by atoms with Crippen LogP contribution in [0.4, 0.5) is 5.82 Å². The first-order valence-corrected chi connectivity index (χ1v) is 4.69. The summed E-state index contributed by atoms with van der Waals surface area (Å²) in [6, 6.07) is 3.39. The molecule has 2 heterocycles. The fourth-order valence-electron chi connectivity index (χ4n) is 1.09. The predicted octanol–water partition coefficient (Wildman–Crippen LogP) is -0.348. The molecule has 0 aliphatic carbocycles. The normalized spacial score (nSPS) is 12.6. The Balaban J connectivity index is 2.06. The highest BCUT2D eigenvalue weighted by Crippen LogP contribution is 2.04. The van der Waals surface area contributed by atoms with Gasteiger partial charge >= 0.3 is 5.97 Å². The lowest BCUT2D eigenvalue weighted by molar-refractivity contribution is -0.140. The van der Waals surface area contributed by atoms with E-state index in [2.05, 4.69) is 25.9 Å². The quantitative estimate of drug-likeness (QED) is 0.728. The molecule has 2 aromatic heterocycles. The van der Waals surface area contributed by atoms with Crippen molar-refractivity contribution >= 4 is 17.4 Å². The van der Waals surface area contributed by atoms with Gasteiger partial charge in [-0.3, -0.25) is 4.79 Å². The van der Waals surface area contributed by atoms with Crippen molar-refractivity contribution in [1.29, 1.82) is 0 Å². The Bertz CT molecular complexity index is 510. The van der Waals surface area contributed by atoms with E-state index in [9.17, 15) is 4.79 Å². The number of rotatable bonds is 4. The van der Waals surface area contributed by atoms with Gasteiger partial charge in [-0.05, 0) is 22.6 Å². The number of carboxylic acids is 1. The number of hydrogen-bond acceptors (Lipinski definition) is 6. The van der Waals surface area contributed by atoms with Gasteiger partial charge in [0.15, 0.2) is 5.65 Å². The SMILES string of the molecule is CC(CNc1ccc2nnnn2n1)C(=O)O. The molecule has 0 aliphatic heterocycles. The molecule has 0 fully saturated rings. The first-order valence-electron chi connectivity index (χ1n) is 4.69. The third-order valence-corrected chi connectivity index (χ3v) is 2.08. The third kappa shape index (κ3) is 2.05. The van der Waals surface area contributed by atoms with Gasteiger partial charge in [0.05, 0.1) is 5.92 Å². The van der Waals surface area contributed by atoms with E-state index in [1.165, 1.54) is 4.63 Å². The Hall–Kier alpha value is -2.25. The van der Waals surface area contributed by atoms with Gasteiger partial charge in [0, 0.05) is 6.54 Å². The predicted molar refractivity (Wildman–Crippen MR) is 53.9 cm³/mol. The number of carboxylic acid groups (broad SMARTS) is 1. The molecule has 84 valence electrons. The minimum Gasteiger partial charge on any atom is -0.481 e. The smallest absolute Gasteiger partial charge is 0.308 e. The molecule has 0 aromatic carbocycles. The molecule has 0 bridgehead atoms. The molecule has 1 atom stereocenters.